The first kappa shape index (κ1) is 19.9. The van der Waals surface area contributed by atoms with Crippen molar-refractivity contribution < 1.29 is 24.2 Å². The summed E-state index contributed by atoms with van der Waals surface area (Å²) in [6, 6.07) is 11.2. The van der Waals surface area contributed by atoms with E-state index in [0.29, 0.717) is 35.3 Å². The van der Waals surface area contributed by atoms with Crippen molar-refractivity contribution in [3.8, 4) is 5.75 Å². The molecule has 146 valence electrons. The van der Waals surface area contributed by atoms with E-state index < -0.39 is 5.97 Å². The van der Waals surface area contributed by atoms with Crippen molar-refractivity contribution >= 4 is 39.4 Å². The van der Waals surface area contributed by atoms with Gasteiger partial charge in [0, 0.05) is 17.9 Å². The Morgan fingerprint density at radius 2 is 1.82 bits per heavy atom. The van der Waals surface area contributed by atoms with Crippen LogP contribution in [-0.2, 0) is 4.74 Å². The van der Waals surface area contributed by atoms with Gasteiger partial charge in [-0.05, 0) is 36.8 Å². The summed E-state index contributed by atoms with van der Waals surface area (Å²) < 4.78 is 4.67. The molecule has 1 unspecified atom stereocenters. The van der Waals surface area contributed by atoms with Crippen LogP contribution in [0, 0.1) is 0 Å². The molecule has 2 amide bonds. The van der Waals surface area contributed by atoms with Crippen LogP contribution in [0.15, 0.2) is 42.5 Å². The van der Waals surface area contributed by atoms with Crippen molar-refractivity contribution in [3.63, 3.8) is 0 Å². The number of phenolic OH excluding ortho intramolecular Hbond substituents is 1. The second-order valence-electron chi connectivity index (χ2n) is 6.30. The molecule has 8 heteroatoms. The van der Waals surface area contributed by atoms with Crippen molar-refractivity contribution in [2.24, 2.45) is 0 Å². The number of alkyl halides is 1. The molecule has 2 N–H and O–H groups in total. The lowest BCUT2D eigenvalue weighted by Crippen LogP contribution is -2.32. The van der Waals surface area contributed by atoms with Crippen LogP contribution in [0.5, 0.6) is 5.75 Å². The quantitative estimate of drug-likeness (QED) is 0.293. The number of anilines is 1. The lowest BCUT2D eigenvalue weighted by atomic mass is 10.1. The molecule has 2 aromatic rings. The molecule has 0 saturated heterocycles. The van der Waals surface area contributed by atoms with E-state index in [1.54, 1.807) is 24.3 Å². The number of nitrogens with zero attached hydrogens (tertiary/aromatic N) is 1. The van der Waals surface area contributed by atoms with Crippen molar-refractivity contribution in [1.82, 2.24) is 4.90 Å². The highest BCUT2D eigenvalue weighted by Gasteiger charge is 2.34. The van der Waals surface area contributed by atoms with Crippen LogP contribution in [0.25, 0.3) is 0 Å². The van der Waals surface area contributed by atoms with Gasteiger partial charge in [-0.25, -0.2) is 4.79 Å². The zero-order chi connectivity index (χ0) is 20.3. The zero-order valence-corrected chi connectivity index (χ0v) is 16.7. The second-order valence-corrected chi connectivity index (χ2v) is 7.59. The zero-order valence-electron chi connectivity index (χ0n) is 15.1. The fraction of sp³-hybridized carbons (Fsp3) is 0.250. The number of rotatable bonds is 7. The lowest BCUT2D eigenvalue weighted by molar-refractivity contribution is 0.0598. The molecule has 1 atom stereocenters. The van der Waals surface area contributed by atoms with Gasteiger partial charge in [0.2, 0.25) is 0 Å². The van der Waals surface area contributed by atoms with E-state index in [0.717, 1.165) is 0 Å². The first-order chi connectivity index (χ1) is 13.4. The minimum absolute atomic E-state index is 0.00713. The Morgan fingerprint density at radius 3 is 2.43 bits per heavy atom. The van der Waals surface area contributed by atoms with E-state index in [4.69, 9.17) is 0 Å². The van der Waals surface area contributed by atoms with E-state index in [1.807, 2.05) is 0 Å². The topological polar surface area (TPSA) is 95.9 Å². The van der Waals surface area contributed by atoms with Gasteiger partial charge in [0.25, 0.3) is 11.8 Å². The Labute approximate surface area is 170 Å². The van der Waals surface area contributed by atoms with Crippen molar-refractivity contribution in [2.45, 2.75) is 11.2 Å². The van der Waals surface area contributed by atoms with Gasteiger partial charge in [-0.3, -0.25) is 14.5 Å². The highest BCUT2D eigenvalue weighted by molar-refractivity contribution is 9.09. The third-order valence-electron chi connectivity index (χ3n) is 4.48. The number of amides is 2. The van der Waals surface area contributed by atoms with Crippen LogP contribution < -0.4 is 5.32 Å². The largest absolute Gasteiger partial charge is 0.506 e. The van der Waals surface area contributed by atoms with Gasteiger partial charge in [0.05, 0.1) is 29.5 Å². The molecule has 1 heterocycles. The Balaban J connectivity index is 1.56. The molecule has 0 bridgehead atoms. The van der Waals surface area contributed by atoms with E-state index in [-0.39, 0.29) is 28.9 Å². The van der Waals surface area contributed by atoms with Crippen LogP contribution in [0.3, 0.4) is 0 Å². The maximum Gasteiger partial charge on any atom is 0.337 e. The summed E-state index contributed by atoms with van der Waals surface area (Å²) >= 11 is 3.52. The standard InChI is InChI=1S/C20H19BrN2O5/c1-28-20(27)12-6-7-17(24)16(10-12)22-11-13(21)8-9-23-18(25)14-4-2-3-5-15(14)19(23)26/h2-7,10,13,22,24H,8-9,11H2,1H3. The van der Waals surface area contributed by atoms with Crippen molar-refractivity contribution in [3.05, 3.63) is 59.2 Å². The van der Waals surface area contributed by atoms with Gasteiger partial charge >= 0.3 is 5.97 Å². The number of carbonyl (C=O) groups is 3. The molecule has 0 fully saturated rings. The SMILES string of the molecule is COC(=O)c1ccc(O)c(NCC(Br)CCN2C(=O)c3ccccc3C2=O)c1. The van der Waals surface area contributed by atoms with Gasteiger partial charge in [0.1, 0.15) is 5.75 Å². The van der Waals surface area contributed by atoms with Crippen LogP contribution >= 0.6 is 15.9 Å². The Morgan fingerprint density at radius 1 is 1.18 bits per heavy atom. The van der Waals surface area contributed by atoms with Crippen LogP contribution in [0.2, 0.25) is 0 Å². The number of esters is 1. The monoisotopic (exact) mass is 446 g/mol. The molecule has 0 saturated carbocycles. The summed E-state index contributed by atoms with van der Waals surface area (Å²) in [6.07, 6.45) is 0.524. The fourth-order valence-corrected chi connectivity index (χ4v) is 3.32. The number of methoxy groups -OCH3 is 1. The van der Waals surface area contributed by atoms with E-state index in [1.165, 1.54) is 30.2 Å². The third-order valence-corrected chi connectivity index (χ3v) is 5.26. The van der Waals surface area contributed by atoms with Gasteiger partial charge < -0.3 is 15.2 Å². The highest BCUT2D eigenvalue weighted by Crippen LogP contribution is 2.26. The minimum atomic E-state index is -0.496. The maximum absolute atomic E-state index is 12.4. The number of carbonyl (C=O) groups excluding carboxylic acids is 3. The molecule has 7 nitrogen and oxygen atoms in total. The van der Waals surface area contributed by atoms with Crippen LogP contribution in [-0.4, -0.2) is 52.8 Å². The number of nitrogens with one attached hydrogen (secondary N) is 1. The summed E-state index contributed by atoms with van der Waals surface area (Å²) in [5.41, 5.74) is 1.58. The summed E-state index contributed by atoms with van der Waals surface area (Å²) in [5.74, 6) is -1.05. The highest BCUT2D eigenvalue weighted by atomic mass is 79.9. The number of aromatic hydroxyl groups is 1. The van der Waals surface area contributed by atoms with E-state index >= 15 is 0 Å². The molecule has 0 spiro atoms. The number of imide groups is 1. The average Bonchev–Trinajstić information content (AvgIpc) is 2.95. The first-order valence-corrected chi connectivity index (χ1v) is 9.58. The molecule has 1 aliphatic rings. The summed E-state index contributed by atoms with van der Waals surface area (Å²) in [5, 5.41) is 13.0. The number of halogens is 1. The maximum atomic E-state index is 12.4. The molecule has 0 aliphatic carbocycles. The summed E-state index contributed by atoms with van der Waals surface area (Å²) in [6.45, 7) is 0.694. The predicted octanol–water partition coefficient (Wildman–Crippen LogP) is 3.04. The molecular weight excluding hydrogens is 428 g/mol. The Hall–Kier alpha value is -2.87. The van der Waals surface area contributed by atoms with E-state index in [9.17, 15) is 19.5 Å². The van der Waals surface area contributed by atoms with Crippen LogP contribution in [0.1, 0.15) is 37.5 Å². The van der Waals surface area contributed by atoms with Gasteiger partial charge in [0.15, 0.2) is 0 Å². The number of hydrogen-bond acceptors (Lipinski definition) is 6. The second kappa shape index (κ2) is 8.43. The Bertz CT molecular complexity index is 896. The smallest absolute Gasteiger partial charge is 0.337 e. The van der Waals surface area contributed by atoms with Gasteiger partial charge in [-0.1, -0.05) is 28.1 Å². The molecular formula is C20H19BrN2O5. The fourth-order valence-electron chi connectivity index (χ4n) is 2.96. The molecule has 28 heavy (non-hydrogen) atoms. The van der Waals surface area contributed by atoms with Crippen molar-refractivity contribution in [1.29, 1.82) is 0 Å². The van der Waals surface area contributed by atoms with Gasteiger partial charge in [-0.15, -0.1) is 0 Å². The molecule has 0 aromatic heterocycles. The number of hydrogen-bond donors (Lipinski definition) is 2. The average molecular weight is 447 g/mol. The lowest BCUT2D eigenvalue weighted by Gasteiger charge is -2.18. The first-order valence-electron chi connectivity index (χ1n) is 8.67. The molecule has 0 radical (unpaired) electrons. The number of benzene rings is 2. The summed E-state index contributed by atoms with van der Waals surface area (Å²) in [4.78, 5) is 37.5. The van der Waals surface area contributed by atoms with Gasteiger partial charge in [-0.2, -0.15) is 0 Å². The minimum Gasteiger partial charge on any atom is -0.506 e. The third kappa shape index (κ3) is 4.01. The Kier molecular flexibility index (Phi) is 5.99. The number of phenols is 1. The number of ether oxygens (including phenoxy) is 1. The predicted molar refractivity (Wildman–Crippen MR) is 107 cm³/mol. The number of fused-ring (bicyclic) bond motifs is 1. The molecule has 1 aliphatic heterocycles. The van der Waals surface area contributed by atoms with E-state index in [2.05, 4.69) is 26.0 Å². The van der Waals surface area contributed by atoms with Crippen LogP contribution in [0.4, 0.5) is 5.69 Å². The normalized spacial score (nSPS) is 14.0. The molecule has 2 aromatic carbocycles. The van der Waals surface area contributed by atoms with Crippen molar-refractivity contribution in [2.75, 3.05) is 25.5 Å². The summed E-state index contributed by atoms with van der Waals surface area (Å²) in [7, 11) is 1.29. The molecule has 3 rings (SSSR count).